The van der Waals surface area contributed by atoms with Gasteiger partial charge in [0.25, 0.3) is 0 Å². The molecule has 8 heteroatoms. The summed E-state index contributed by atoms with van der Waals surface area (Å²) in [5, 5.41) is 0. The first-order valence-corrected chi connectivity index (χ1v) is 8.61. The van der Waals surface area contributed by atoms with E-state index in [2.05, 4.69) is 0 Å². The smallest absolute Gasteiger partial charge is 0.370 e. The number of halogens is 5. The fourth-order valence-electron chi connectivity index (χ4n) is 3.48. The number of hydrogen-bond donors (Lipinski definition) is 0. The van der Waals surface area contributed by atoms with Crippen molar-refractivity contribution in [1.29, 1.82) is 0 Å². The number of amides is 1. The SMILES string of the molecule is O=C(C1CCC(F)(F)CC1)N1CCOC(c2ccc(C(F)(F)F)cc2)C1. The van der Waals surface area contributed by atoms with Crippen molar-refractivity contribution in [3.8, 4) is 0 Å². The van der Waals surface area contributed by atoms with Crippen LogP contribution < -0.4 is 0 Å². The number of hydrogen-bond acceptors (Lipinski definition) is 2. The minimum absolute atomic E-state index is 0.161. The Morgan fingerprint density at radius 1 is 1.12 bits per heavy atom. The molecule has 1 heterocycles. The van der Waals surface area contributed by atoms with Crippen LogP contribution in [0.15, 0.2) is 24.3 Å². The van der Waals surface area contributed by atoms with E-state index in [1.807, 2.05) is 0 Å². The minimum atomic E-state index is -4.41. The molecule has 1 aliphatic carbocycles. The second-order valence-electron chi connectivity index (χ2n) is 6.89. The van der Waals surface area contributed by atoms with Gasteiger partial charge in [-0.2, -0.15) is 13.2 Å². The van der Waals surface area contributed by atoms with Crippen molar-refractivity contribution in [3.63, 3.8) is 0 Å². The molecule has 0 aromatic heterocycles. The van der Waals surface area contributed by atoms with E-state index < -0.39 is 29.7 Å². The molecule has 3 nitrogen and oxygen atoms in total. The normalized spacial score (nSPS) is 24.5. The highest BCUT2D eigenvalue weighted by Gasteiger charge is 2.39. The molecule has 1 amide bonds. The topological polar surface area (TPSA) is 29.5 Å². The monoisotopic (exact) mass is 377 g/mol. The zero-order valence-electron chi connectivity index (χ0n) is 14.1. The first kappa shape index (κ1) is 19.1. The molecule has 1 aromatic carbocycles. The summed E-state index contributed by atoms with van der Waals surface area (Å²) in [5.74, 6) is -3.27. The van der Waals surface area contributed by atoms with E-state index >= 15 is 0 Å². The molecule has 1 saturated heterocycles. The Hall–Kier alpha value is -1.70. The van der Waals surface area contributed by atoms with Crippen LogP contribution in [0.1, 0.15) is 42.9 Å². The molecule has 2 fully saturated rings. The third-order valence-corrected chi connectivity index (χ3v) is 5.05. The Morgan fingerprint density at radius 2 is 1.73 bits per heavy atom. The van der Waals surface area contributed by atoms with Gasteiger partial charge in [0.1, 0.15) is 6.10 Å². The average molecular weight is 377 g/mol. The molecule has 144 valence electrons. The van der Waals surface area contributed by atoms with Crippen LogP contribution in [-0.2, 0) is 15.7 Å². The molecule has 3 rings (SSSR count). The molecule has 1 saturated carbocycles. The quantitative estimate of drug-likeness (QED) is 0.714. The van der Waals surface area contributed by atoms with Crippen LogP contribution in [0.3, 0.4) is 0 Å². The average Bonchev–Trinajstić information content (AvgIpc) is 2.61. The van der Waals surface area contributed by atoms with Crippen molar-refractivity contribution in [1.82, 2.24) is 4.90 Å². The summed E-state index contributed by atoms with van der Waals surface area (Å²) in [6, 6.07) is 4.68. The Labute approximate surface area is 148 Å². The number of benzene rings is 1. The minimum Gasteiger partial charge on any atom is -0.370 e. The number of alkyl halides is 5. The van der Waals surface area contributed by atoms with E-state index in [-0.39, 0.29) is 44.7 Å². The van der Waals surface area contributed by atoms with Crippen LogP contribution in [0.5, 0.6) is 0 Å². The van der Waals surface area contributed by atoms with Gasteiger partial charge in [0.15, 0.2) is 0 Å². The molecule has 0 N–H and O–H groups in total. The zero-order valence-corrected chi connectivity index (χ0v) is 14.1. The van der Waals surface area contributed by atoms with Gasteiger partial charge in [0.2, 0.25) is 11.8 Å². The third kappa shape index (κ3) is 4.34. The Kier molecular flexibility index (Phi) is 5.23. The summed E-state index contributed by atoms with van der Waals surface area (Å²) < 4.78 is 70.1. The highest BCUT2D eigenvalue weighted by atomic mass is 19.4. The van der Waals surface area contributed by atoms with Gasteiger partial charge in [0.05, 0.1) is 18.7 Å². The van der Waals surface area contributed by atoms with E-state index in [0.29, 0.717) is 12.1 Å². The molecule has 0 spiro atoms. The van der Waals surface area contributed by atoms with E-state index in [0.717, 1.165) is 12.1 Å². The van der Waals surface area contributed by atoms with E-state index in [1.54, 1.807) is 4.90 Å². The first-order chi connectivity index (χ1) is 12.2. The van der Waals surface area contributed by atoms with Crippen molar-refractivity contribution in [2.24, 2.45) is 5.92 Å². The maximum absolute atomic E-state index is 13.3. The number of carbonyl (C=O) groups is 1. The molecule has 26 heavy (non-hydrogen) atoms. The maximum Gasteiger partial charge on any atom is 0.416 e. The Bertz CT molecular complexity index is 634. The van der Waals surface area contributed by atoms with E-state index in [4.69, 9.17) is 4.74 Å². The number of nitrogens with zero attached hydrogens (tertiary/aromatic N) is 1. The van der Waals surface area contributed by atoms with Crippen LogP contribution in [0.4, 0.5) is 22.0 Å². The van der Waals surface area contributed by atoms with Crippen molar-refractivity contribution in [2.45, 2.75) is 43.9 Å². The van der Waals surface area contributed by atoms with Gasteiger partial charge in [-0.25, -0.2) is 8.78 Å². The molecular weight excluding hydrogens is 357 g/mol. The van der Waals surface area contributed by atoms with Gasteiger partial charge >= 0.3 is 6.18 Å². The second-order valence-corrected chi connectivity index (χ2v) is 6.89. The van der Waals surface area contributed by atoms with Gasteiger partial charge in [-0.1, -0.05) is 12.1 Å². The number of ether oxygens (including phenoxy) is 1. The molecule has 2 aliphatic rings. The lowest BCUT2D eigenvalue weighted by Gasteiger charge is -2.37. The van der Waals surface area contributed by atoms with Crippen LogP contribution in [0, 0.1) is 5.92 Å². The zero-order chi connectivity index (χ0) is 18.9. The van der Waals surface area contributed by atoms with Crippen molar-refractivity contribution in [2.75, 3.05) is 19.7 Å². The molecule has 0 radical (unpaired) electrons. The molecular formula is C18H20F5NO2. The maximum atomic E-state index is 13.3. The predicted molar refractivity (Wildman–Crippen MR) is 83.6 cm³/mol. The fourth-order valence-corrected chi connectivity index (χ4v) is 3.48. The van der Waals surface area contributed by atoms with Crippen LogP contribution >= 0.6 is 0 Å². The van der Waals surface area contributed by atoms with Crippen LogP contribution in [-0.4, -0.2) is 36.4 Å². The highest BCUT2D eigenvalue weighted by Crippen LogP contribution is 2.37. The highest BCUT2D eigenvalue weighted by molar-refractivity contribution is 5.79. The molecule has 1 aromatic rings. The third-order valence-electron chi connectivity index (χ3n) is 5.05. The lowest BCUT2D eigenvalue weighted by atomic mass is 9.85. The van der Waals surface area contributed by atoms with Gasteiger partial charge in [-0.15, -0.1) is 0 Å². The molecule has 0 bridgehead atoms. The second kappa shape index (κ2) is 7.13. The summed E-state index contributed by atoms with van der Waals surface area (Å²) in [4.78, 5) is 14.2. The van der Waals surface area contributed by atoms with Crippen LogP contribution in [0.2, 0.25) is 0 Å². The Morgan fingerprint density at radius 3 is 2.31 bits per heavy atom. The lowest BCUT2D eigenvalue weighted by Crippen LogP contribution is -2.46. The summed E-state index contributed by atoms with van der Waals surface area (Å²) in [6.45, 7) is 0.847. The van der Waals surface area contributed by atoms with E-state index in [9.17, 15) is 26.7 Å². The first-order valence-electron chi connectivity index (χ1n) is 8.61. The van der Waals surface area contributed by atoms with Crippen molar-refractivity contribution >= 4 is 5.91 Å². The molecule has 1 atom stereocenters. The summed E-state index contributed by atoms with van der Waals surface area (Å²) in [5.41, 5.74) is -0.182. The van der Waals surface area contributed by atoms with Gasteiger partial charge < -0.3 is 9.64 Å². The van der Waals surface area contributed by atoms with Crippen LogP contribution in [0.25, 0.3) is 0 Å². The fraction of sp³-hybridized carbons (Fsp3) is 0.611. The lowest BCUT2D eigenvalue weighted by molar-refractivity contribution is -0.147. The van der Waals surface area contributed by atoms with Crippen molar-refractivity contribution < 1.29 is 31.5 Å². The summed E-state index contributed by atoms with van der Waals surface area (Å²) >= 11 is 0. The molecule has 1 aliphatic heterocycles. The standard InChI is InChI=1S/C18H20F5NO2/c19-17(20)7-5-13(6-8-17)16(25)24-9-10-26-15(11-24)12-1-3-14(4-2-12)18(21,22)23/h1-4,13,15H,5-11H2. The number of carbonyl (C=O) groups excluding carboxylic acids is 1. The van der Waals surface area contributed by atoms with Gasteiger partial charge in [0, 0.05) is 25.3 Å². The molecule has 1 unspecified atom stereocenters. The number of morpholine rings is 1. The predicted octanol–water partition coefficient (Wildman–Crippen LogP) is 4.43. The summed E-state index contributed by atoms with van der Waals surface area (Å²) in [6.07, 6.45) is -5.16. The van der Waals surface area contributed by atoms with Gasteiger partial charge in [-0.3, -0.25) is 4.79 Å². The number of rotatable bonds is 2. The summed E-state index contributed by atoms with van der Waals surface area (Å²) in [7, 11) is 0. The van der Waals surface area contributed by atoms with E-state index in [1.165, 1.54) is 12.1 Å². The largest absolute Gasteiger partial charge is 0.416 e. The Balaban J connectivity index is 1.63. The van der Waals surface area contributed by atoms with Crippen molar-refractivity contribution in [3.05, 3.63) is 35.4 Å². The van der Waals surface area contributed by atoms with Gasteiger partial charge in [-0.05, 0) is 30.5 Å².